The lowest BCUT2D eigenvalue weighted by Gasteiger charge is -2.26. The molecule has 0 aliphatic carbocycles. The van der Waals surface area contributed by atoms with Gasteiger partial charge in [0.05, 0.1) is 26.5 Å². The molecule has 1 fully saturated rings. The summed E-state index contributed by atoms with van der Waals surface area (Å²) in [6.45, 7) is 6.41. The molecule has 27 heavy (non-hydrogen) atoms. The molecule has 1 heterocycles. The quantitative estimate of drug-likeness (QED) is 0.294. The molecule has 0 radical (unpaired) electrons. The fourth-order valence-corrected chi connectivity index (χ4v) is 2.43. The van der Waals surface area contributed by atoms with E-state index in [1.165, 1.54) is 0 Å². The lowest BCUT2D eigenvalue weighted by Crippen LogP contribution is -2.43. The number of morpholine rings is 1. The molecule has 1 aliphatic rings. The molecule has 2 rings (SSSR count). The molecular formula is C18H24N4O4S. The highest BCUT2D eigenvalue weighted by Crippen LogP contribution is 2.27. The number of thiocarbonyl (C=S) groups is 1. The predicted octanol–water partition coefficient (Wildman–Crippen LogP) is 0.917. The topological polar surface area (TPSA) is 84.4 Å². The molecule has 1 saturated heterocycles. The molecule has 0 saturated carbocycles. The highest BCUT2D eigenvalue weighted by molar-refractivity contribution is 7.80. The van der Waals surface area contributed by atoms with Crippen molar-refractivity contribution in [3.63, 3.8) is 0 Å². The van der Waals surface area contributed by atoms with E-state index in [1.54, 1.807) is 36.4 Å². The molecule has 1 amide bonds. The van der Waals surface area contributed by atoms with Crippen molar-refractivity contribution in [3.8, 4) is 11.5 Å². The summed E-state index contributed by atoms with van der Waals surface area (Å²) in [5.74, 6) is 0.934. The van der Waals surface area contributed by atoms with Crippen molar-refractivity contribution >= 4 is 29.5 Å². The second-order valence-electron chi connectivity index (χ2n) is 5.56. The summed E-state index contributed by atoms with van der Waals surface area (Å²) >= 11 is 5.04. The van der Waals surface area contributed by atoms with Crippen LogP contribution in [0, 0.1) is 0 Å². The molecule has 1 aromatic carbocycles. The van der Waals surface area contributed by atoms with Crippen molar-refractivity contribution in [1.82, 2.24) is 15.6 Å². The molecule has 1 aromatic rings. The van der Waals surface area contributed by atoms with Crippen LogP contribution in [0.1, 0.15) is 5.56 Å². The van der Waals surface area contributed by atoms with Gasteiger partial charge in [-0.1, -0.05) is 6.08 Å². The molecule has 0 aromatic heterocycles. The highest BCUT2D eigenvalue weighted by Gasteiger charge is 2.18. The Morgan fingerprint density at radius 2 is 2.19 bits per heavy atom. The fourth-order valence-electron chi connectivity index (χ4n) is 2.30. The van der Waals surface area contributed by atoms with Crippen LogP contribution in [0.15, 0.2) is 36.0 Å². The summed E-state index contributed by atoms with van der Waals surface area (Å²) in [5, 5.41) is 7.36. The predicted molar refractivity (Wildman–Crippen MR) is 107 cm³/mol. The monoisotopic (exact) mass is 392 g/mol. The number of ether oxygens (including phenoxy) is 3. The largest absolute Gasteiger partial charge is 0.493 e. The van der Waals surface area contributed by atoms with Gasteiger partial charge in [0.25, 0.3) is 5.91 Å². The number of nitrogens with zero attached hydrogens (tertiary/aromatic N) is 2. The van der Waals surface area contributed by atoms with Crippen LogP contribution >= 0.6 is 12.2 Å². The highest BCUT2D eigenvalue weighted by atomic mass is 32.1. The van der Waals surface area contributed by atoms with Gasteiger partial charge in [-0.05, 0) is 36.0 Å². The summed E-state index contributed by atoms with van der Waals surface area (Å²) in [6.07, 6.45) is 3.30. The molecule has 0 spiro atoms. The van der Waals surface area contributed by atoms with Crippen LogP contribution in [0.4, 0.5) is 0 Å². The number of hydrogen-bond donors (Lipinski definition) is 2. The Hall–Kier alpha value is -2.65. The summed E-state index contributed by atoms with van der Waals surface area (Å²) in [7, 11) is 1.54. The standard InChI is InChI=1S/C18H24N4O4S/c1-3-6-19-18(27)21-20-12-14-4-5-15(16(11-14)24-2)26-13-17(23)22-7-9-25-10-8-22/h3-5,11-12H,1,6-10,13H2,2H3,(H2,19,21,27). The van der Waals surface area contributed by atoms with E-state index < -0.39 is 0 Å². The maximum atomic E-state index is 12.2. The first kappa shape index (κ1) is 20.7. The van der Waals surface area contributed by atoms with E-state index >= 15 is 0 Å². The van der Waals surface area contributed by atoms with E-state index in [0.717, 1.165) is 5.56 Å². The molecule has 8 nitrogen and oxygen atoms in total. The number of carbonyl (C=O) groups excluding carboxylic acids is 1. The number of nitrogens with one attached hydrogen (secondary N) is 2. The molecular weight excluding hydrogens is 368 g/mol. The van der Waals surface area contributed by atoms with E-state index in [-0.39, 0.29) is 12.5 Å². The minimum atomic E-state index is -0.0734. The third kappa shape index (κ3) is 6.87. The number of hydrogen-bond acceptors (Lipinski definition) is 6. The van der Waals surface area contributed by atoms with Crippen molar-refractivity contribution in [2.24, 2.45) is 5.10 Å². The van der Waals surface area contributed by atoms with E-state index in [0.29, 0.717) is 49.5 Å². The Morgan fingerprint density at radius 3 is 2.89 bits per heavy atom. The van der Waals surface area contributed by atoms with Crippen molar-refractivity contribution in [2.75, 3.05) is 46.6 Å². The third-order valence-electron chi connectivity index (χ3n) is 3.69. The van der Waals surface area contributed by atoms with Gasteiger partial charge >= 0.3 is 0 Å². The Labute approximate surface area is 164 Å². The molecule has 0 unspecified atom stereocenters. The van der Waals surface area contributed by atoms with Crippen LogP contribution in [0.25, 0.3) is 0 Å². The van der Waals surface area contributed by atoms with Crippen molar-refractivity contribution in [2.45, 2.75) is 0 Å². The average molecular weight is 392 g/mol. The lowest BCUT2D eigenvalue weighted by atomic mass is 10.2. The van der Waals surface area contributed by atoms with Crippen molar-refractivity contribution in [3.05, 3.63) is 36.4 Å². The van der Waals surface area contributed by atoms with Gasteiger partial charge in [-0.25, -0.2) is 0 Å². The van der Waals surface area contributed by atoms with Gasteiger partial charge in [-0.15, -0.1) is 6.58 Å². The zero-order valence-electron chi connectivity index (χ0n) is 15.3. The van der Waals surface area contributed by atoms with E-state index in [1.807, 2.05) is 6.07 Å². The first-order chi connectivity index (χ1) is 13.1. The first-order valence-electron chi connectivity index (χ1n) is 8.48. The first-order valence-corrected chi connectivity index (χ1v) is 8.89. The fraction of sp³-hybridized carbons (Fsp3) is 0.389. The summed E-state index contributed by atoms with van der Waals surface area (Å²) in [6, 6.07) is 5.31. The smallest absolute Gasteiger partial charge is 0.260 e. The molecule has 0 atom stereocenters. The van der Waals surface area contributed by atoms with Crippen molar-refractivity contribution in [1.29, 1.82) is 0 Å². The zero-order valence-corrected chi connectivity index (χ0v) is 16.1. The number of carbonyl (C=O) groups is 1. The average Bonchev–Trinajstić information content (AvgIpc) is 2.71. The van der Waals surface area contributed by atoms with E-state index in [4.69, 9.17) is 26.4 Å². The van der Waals surface area contributed by atoms with Crippen LogP contribution in [0.3, 0.4) is 0 Å². The van der Waals surface area contributed by atoms with Crippen LogP contribution in [0.5, 0.6) is 11.5 Å². The number of methoxy groups -OCH3 is 1. The third-order valence-corrected chi connectivity index (χ3v) is 3.92. The van der Waals surface area contributed by atoms with Crippen molar-refractivity contribution < 1.29 is 19.0 Å². The minimum absolute atomic E-state index is 0.0470. The van der Waals surface area contributed by atoms with Gasteiger partial charge in [-0.2, -0.15) is 5.10 Å². The second kappa shape index (κ2) is 11.1. The van der Waals surface area contributed by atoms with Crippen LogP contribution < -0.4 is 20.2 Å². The van der Waals surface area contributed by atoms with Gasteiger partial charge in [0.15, 0.2) is 23.2 Å². The van der Waals surface area contributed by atoms with Gasteiger partial charge in [0.1, 0.15) is 0 Å². The van der Waals surface area contributed by atoms with Gasteiger partial charge in [-0.3, -0.25) is 10.2 Å². The maximum absolute atomic E-state index is 12.2. The Balaban J connectivity index is 1.89. The number of hydrazone groups is 1. The lowest BCUT2D eigenvalue weighted by molar-refractivity contribution is -0.137. The molecule has 1 aliphatic heterocycles. The van der Waals surface area contributed by atoms with E-state index in [9.17, 15) is 4.79 Å². The number of benzene rings is 1. The van der Waals surface area contributed by atoms with Gasteiger partial charge in [0.2, 0.25) is 0 Å². The Morgan fingerprint density at radius 1 is 1.41 bits per heavy atom. The maximum Gasteiger partial charge on any atom is 0.260 e. The van der Waals surface area contributed by atoms with Gasteiger partial charge < -0.3 is 24.4 Å². The summed E-state index contributed by atoms with van der Waals surface area (Å²) in [5.41, 5.74) is 3.49. The SMILES string of the molecule is C=CCNC(=S)NN=Cc1ccc(OCC(=O)N2CCOCC2)c(OC)c1. The van der Waals surface area contributed by atoms with E-state index in [2.05, 4.69) is 22.4 Å². The molecule has 2 N–H and O–H groups in total. The zero-order chi connectivity index (χ0) is 19.5. The summed E-state index contributed by atoms with van der Waals surface area (Å²) < 4.78 is 16.2. The number of amides is 1. The normalized spacial score (nSPS) is 13.9. The van der Waals surface area contributed by atoms with Crippen LogP contribution in [-0.2, 0) is 9.53 Å². The Kier molecular flexibility index (Phi) is 8.53. The van der Waals surface area contributed by atoms with Gasteiger partial charge in [0, 0.05) is 19.6 Å². The number of rotatable bonds is 8. The molecule has 9 heteroatoms. The van der Waals surface area contributed by atoms with Crippen LogP contribution in [0.2, 0.25) is 0 Å². The molecule has 146 valence electrons. The second-order valence-corrected chi connectivity index (χ2v) is 5.97. The Bertz CT molecular complexity index is 690. The van der Waals surface area contributed by atoms with Crippen LogP contribution in [-0.4, -0.2) is 68.7 Å². The minimum Gasteiger partial charge on any atom is -0.493 e. The molecule has 0 bridgehead atoms. The summed E-state index contributed by atoms with van der Waals surface area (Å²) in [4.78, 5) is 13.9.